The molecule has 0 aromatic carbocycles. The van der Waals surface area contributed by atoms with Gasteiger partial charge in [0.15, 0.2) is 11.0 Å². The monoisotopic (exact) mass is 433 g/mol. The molecule has 0 aliphatic heterocycles. The molecule has 2 heterocycles. The molecule has 8 nitrogen and oxygen atoms in total. The minimum atomic E-state index is -1.55. The van der Waals surface area contributed by atoms with Crippen molar-refractivity contribution in [3.05, 3.63) is 30.2 Å². The normalized spacial score (nSPS) is 17.3. The van der Waals surface area contributed by atoms with Crippen LogP contribution in [0.2, 0.25) is 0 Å². The maximum atomic E-state index is 12.7. The number of aryl methyl sites for hydroxylation is 1. The van der Waals surface area contributed by atoms with Crippen molar-refractivity contribution in [1.82, 2.24) is 19.7 Å². The van der Waals surface area contributed by atoms with E-state index in [9.17, 15) is 9.32 Å². The van der Waals surface area contributed by atoms with Crippen LogP contribution in [0.1, 0.15) is 59.1 Å². The first kappa shape index (κ1) is 22.4. The van der Waals surface area contributed by atoms with Gasteiger partial charge in [0, 0.05) is 25.7 Å². The third-order valence-electron chi connectivity index (χ3n) is 5.11. The number of nitrogens with zero attached hydrogens (tertiary/aromatic N) is 4. The SMILES string of the molecule is Cn1cc(S(=O)Nc2nc(OCCC(C)(C)O)cc(C3=CCCCC3(C)C)n2)cn1. The highest BCUT2D eigenvalue weighted by molar-refractivity contribution is 7.86. The molecule has 9 heteroatoms. The molecule has 164 valence electrons. The van der Waals surface area contributed by atoms with Crippen molar-refractivity contribution < 1.29 is 14.1 Å². The van der Waals surface area contributed by atoms with Crippen LogP contribution in [-0.2, 0) is 18.0 Å². The topological polar surface area (TPSA) is 102 Å². The summed E-state index contributed by atoms with van der Waals surface area (Å²) in [5, 5.41) is 14.0. The third kappa shape index (κ3) is 5.89. The molecule has 0 saturated heterocycles. The number of anilines is 1. The lowest BCUT2D eigenvalue weighted by molar-refractivity contribution is 0.0547. The van der Waals surface area contributed by atoms with Crippen LogP contribution in [0.4, 0.5) is 5.95 Å². The zero-order chi connectivity index (χ0) is 21.9. The minimum absolute atomic E-state index is 0.0171. The zero-order valence-electron chi connectivity index (χ0n) is 18.3. The minimum Gasteiger partial charge on any atom is -0.477 e. The average molecular weight is 434 g/mol. The Balaban J connectivity index is 1.89. The second-order valence-corrected chi connectivity index (χ2v) is 10.2. The smallest absolute Gasteiger partial charge is 0.238 e. The Morgan fingerprint density at radius 2 is 2.13 bits per heavy atom. The second kappa shape index (κ2) is 8.85. The Labute approximate surface area is 180 Å². The largest absolute Gasteiger partial charge is 0.477 e. The van der Waals surface area contributed by atoms with E-state index in [-0.39, 0.29) is 11.4 Å². The summed E-state index contributed by atoms with van der Waals surface area (Å²) in [6.07, 6.45) is 9.12. The molecule has 30 heavy (non-hydrogen) atoms. The molecular weight excluding hydrogens is 402 g/mol. The van der Waals surface area contributed by atoms with E-state index in [0.29, 0.717) is 23.8 Å². The molecule has 0 saturated carbocycles. The Morgan fingerprint density at radius 3 is 2.77 bits per heavy atom. The molecule has 0 bridgehead atoms. The van der Waals surface area contributed by atoms with E-state index in [1.54, 1.807) is 38.0 Å². The number of nitrogens with one attached hydrogen (secondary N) is 1. The van der Waals surface area contributed by atoms with Crippen molar-refractivity contribution in [3.63, 3.8) is 0 Å². The molecule has 1 atom stereocenters. The fraction of sp³-hybridized carbons (Fsp3) is 0.571. The fourth-order valence-corrected chi connectivity index (χ4v) is 4.14. The second-order valence-electron chi connectivity index (χ2n) is 8.94. The Morgan fingerprint density at radius 1 is 1.37 bits per heavy atom. The number of hydrogen-bond donors (Lipinski definition) is 2. The van der Waals surface area contributed by atoms with Crippen molar-refractivity contribution in [2.45, 2.75) is 63.9 Å². The van der Waals surface area contributed by atoms with Gasteiger partial charge in [-0.3, -0.25) is 9.40 Å². The number of rotatable bonds is 8. The molecule has 1 aliphatic carbocycles. The van der Waals surface area contributed by atoms with E-state index in [0.717, 1.165) is 30.5 Å². The van der Waals surface area contributed by atoms with Crippen LogP contribution in [-0.4, -0.2) is 41.3 Å². The van der Waals surface area contributed by atoms with Gasteiger partial charge in [-0.25, -0.2) is 9.19 Å². The predicted octanol–water partition coefficient (Wildman–Crippen LogP) is 3.48. The van der Waals surface area contributed by atoms with Crippen LogP contribution < -0.4 is 9.46 Å². The van der Waals surface area contributed by atoms with E-state index in [2.05, 4.69) is 39.7 Å². The van der Waals surface area contributed by atoms with E-state index in [1.165, 1.54) is 0 Å². The summed E-state index contributed by atoms with van der Waals surface area (Å²) < 4.78 is 23.0. The Kier molecular flexibility index (Phi) is 6.62. The van der Waals surface area contributed by atoms with E-state index < -0.39 is 16.6 Å². The van der Waals surface area contributed by atoms with Gasteiger partial charge in [0.2, 0.25) is 11.8 Å². The van der Waals surface area contributed by atoms with Crippen LogP contribution in [0.15, 0.2) is 29.4 Å². The lowest BCUT2D eigenvalue weighted by Gasteiger charge is -2.31. The summed E-state index contributed by atoms with van der Waals surface area (Å²) in [7, 11) is 0.221. The van der Waals surface area contributed by atoms with Crippen LogP contribution in [0.5, 0.6) is 5.88 Å². The van der Waals surface area contributed by atoms with Crippen LogP contribution in [0.3, 0.4) is 0 Å². The van der Waals surface area contributed by atoms with E-state index in [4.69, 9.17) is 4.74 Å². The molecule has 2 aromatic rings. The predicted molar refractivity (Wildman–Crippen MR) is 117 cm³/mol. The summed E-state index contributed by atoms with van der Waals surface area (Å²) in [5.74, 6) is 0.618. The van der Waals surface area contributed by atoms with Gasteiger partial charge in [-0.2, -0.15) is 10.1 Å². The first-order valence-electron chi connectivity index (χ1n) is 10.2. The first-order chi connectivity index (χ1) is 14.0. The summed E-state index contributed by atoms with van der Waals surface area (Å²) in [6.45, 7) is 8.20. The highest BCUT2D eigenvalue weighted by atomic mass is 32.2. The van der Waals surface area contributed by atoms with E-state index >= 15 is 0 Å². The van der Waals surface area contributed by atoms with Crippen LogP contribution in [0, 0.1) is 5.41 Å². The summed E-state index contributed by atoms with van der Waals surface area (Å²) in [6, 6.07) is 1.82. The molecule has 2 aromatic heterocycles. The van der Waals surface area contributed by atoms with Gasteiger partial charge < -0.3 is 9.84 Å². The quantitative estimate of drug-likeness (QED) is 0.661. The van der Waals surface area contributed by atoms with Crippen LogP contribution in [0.25, 0.3) is 5.57 Å². The number of aromatic nitrogens is 4. The maximum Gasteiger partial charge on any atom is 0.238 e. The Hall–Kier alpha value is -2.26. The van der Waals surface area contributed by atoms with Gasteiger partial charge in [0.1, 0.15) is 0 Å². The third-order valence-corrected chi connectivity index (χ3v) is 6.11. The summed E-state index contributed by atoms with van der Waals surface area (Å²) in [5.41, 5.74) is 1.06. The number of aliphatic hydroxyl groups is 1. The van der Waals surface area contributed by atoms with Gasteiger partial charge in [-0.05, 0) is 44.1 Å². The molecule has 0 fully saturated rings. The molecule has 1 unspecified atom stereocenters. The van der Waals surface area contributed by atoms with Gasteiger partial charge in [-0.1, -0.05) is 19.9 Å². The van der Waals surface area contributed by atoms with Crippen molar-refractivity contribution in [1.29, 1.82) is 0 Å². The van der Waals surface area contributed by atoms with Gasteiger partial charge in [0.05, 0.1) is 29.0 Å². The van der Waals surface area contributed by atoms with Gasteiger partial charge >= 0.3 is 0 Å². The molecule has 1 aliphatic rings. The molecule has 3 rings (SSSR count). The lowest BCUT2D eigenvalue weighted by atomic mass is 9.74. The lowest BCUT2D eigenvalue weighted by Crippen LogP contribution is -2.22. The van der Waals surface area contributed by atoms with Gasteiger partial charge in [-0.15, -0.1) is 0 Å². The van der Waals surface area contributed by atoms with E-state index in [1.807, 2.05) is 6.07 Å². The Bertz CT molecular complexity index is 946. The van der Waals surface area contributed by atoms with Gasteiger partial charge in [0.25, 0.3) is 0 Å². The molecule has 2 N–H and O–H groups in total. The number of allylic oxidation sites excluding steroid dienone is 2. The molecular formula is C21H31N5O3S. The number of hydrogen-bond acceptors (Lipinski definition) is 6. The van der Waals surface area contributed by atoms with Crippen LogP contribution >= 0.6 is 0 Å². The van der Waals surface area contributed by atoms with Crippen molar-refractivity contribution >= 4 is 22.5 Å². The molecule has 0 radical (unpaired) electrons. The van der Waals surface area contributed by atoms with Crippen molar-refractivity contribution in [2.24, 2.45) is 12.5 Å². The standard InChI is InChI=1S/C21H31N5O3S/c1-20(2)9-7-6-8-16(20)17-12-18(29-11-10-21(3,4)27)24-19(23-17)25-30(28)15-13-22-26(5)14-15/h8,12-14,27H,6-7,9-11H2,1-5H3,(H,23,24,25). The fourth-order valence-electron chi connectivity index (χ4n) is 3.38. The molecule has 0 amide bonds. The zero-order valence-corrected chi connectivity index (χ0v) is 19.1. The maximum absolute atomic E-state index is 12.7. The average Bonchev–Trinajstić information content (AvgIpc) is 3.06. The first-order valence-corrected chi connectivity index (χ1v) is 11.3. The molecule has 0 spiro atoms. The summed E-state index contributed by atoms with van der Waals surface area (Å²) in [4.78, 5) is 9.57. The number of ether oxygens (including phenoxy) is 1. The van der Waals surface area contributed by atoms with Crippen molar-refractivity contribution in [3.8, 4) is 5.88 Å². The highest BCUT2D eigenvalue weighted by Gasteiger charge is 2.28. The summed E-state index contributed by atoms with van der Waals surface area (Å²) >= 11 is 0. The van der Waals surface area contributed by atoms with Crippen molar-refractivity contribution in [2.75, 3.05) is 11.3 Å². The highest BCUT2D eigenvalue weighted by Crippen LogP contribution is 2.42.